The molecule has 0 atom stereocenters. The molecule has 1 aromatic rings. The van der Waals surface area contributed by atoms with Gasteiger partial charge in [-0.2, -0.15) is 4.31 Å². The molecule has 2 N–H and O–H groups in total. The van der Waals surface area contributed by atoms with Crippen LogP contribution < -0.4 is 10.6 Å². The Balaban J connectivity index is 2.07. The number of anilines is 2. The smallest absolute Gasteiger partial charge is 0.219 e. The summed E-state index contributed by atoms with van der Waals surface area (Å²) in [6.45, 7) is 7.66. The molecule has 1 fully saturated rings. The van der Waals surface area contributed by atoms with Crippen molar-refractivity contribution in [1.29, 1.82) is 0 Å². The van der Waals surface area contributed by atoms with Crippen LogP contribution in [0.15, 0.2) is 24.3 Å². The second-order valence-corrected chi connectivity index (χ2v) is 8.79. The van der Waals surface area contributed by atoms with Gasteiger partial charge < -0.3 is 10.6 Å². The molecule has 20 heavy (non-hydrogen) atoms. The van der Waals surface area contributed by atoms with Crippen molar-refractivity contribution in [2.75, 3.05) is 36.8 Å². The zero-order chi connectivity index (χ0) is 15.0. The number of nitrogen functional groups attached to an aromatic ring is 1. The van der Waals surface area contributed by atoms with E-state index < -0.39 is 14.8 Å². The van der Waals surface area contributed by atoms with Gasteiger partial charge in [-0.3, -0.25) is 0 Å². The van der Waals surface area contributed by atoms with Gasteiger partial charge in [0, 0.05) is 37.6 Å². The van der Waals surface area contributed by atoms with E-state index in [4.69, 9.17) is 5.73 Å². The summed E-state index contributed by atoms with van der Waals surface area (Å²) in [5.41, 5.74) is 7.57. The highest BCUT2D eigenvalue weighted by molar-refractivity contribution is 7.90. The highest BCUT2D eigenvalue weighted by Gasteiger charge is 2.36. The van der Waals surface area contributed by atoms with E-state index in [0.717, 1.165) is 11.4 Å². The summed E-state index contributed by atoms with van der Waals surface area (Å²) < 4.78 is 25.6. The van der Waals surface area contributed by atoms with Crippen LogP contribution in [0.2, 0.25) is 0 Å². The van der Waals surface area contributed by atoms with E-state index in [9.17, 15) is 8.42 Å². The molecular formula is C14H23N3O2S. The summed E-state index contributed by atoms with van der Waals surface area (Å²) in [7, 11) is -3.23. The van der Waals surface area contributed by atoms with Crippen LogP contribution >= 0.6 is 0 Å². The second kappa shape index (κ2) is 5.26. The van der Waals surface area contributed by atoms with Crippen LogP contribution in [0.3, 0.4) is 0 Å². The number of piperazine rings is 1. The molecule has 1 aromatic carbocycles. The topological polar surface area (TPSA) is 66.6 Å². The molecule has 1 aliphatic rings. The van der Waals surface area contributed by atoms with E-state index in [1.54, 1.807) is 25.1 Å². The van der Waals surface area contributed by atoms with Crippen molar-refractivity contribution in [2.24, 2.45) is 0 Å². The van der Waals surface area contributed by atoms with E-state index in [-0.39, 0.29) is 0 Å². The summed E-state index contributed by atoms with van der Waals surface area (Å²) in [6.07, 6.45) is 0. The number of hydrogen-bond acceptors (Lipinski definition) is 4. The third kappa shape index (κ3) is 2.91. The SMILES string of the molecule is CC(C)(C)S(=O)(=O)N1CCN(c2cccc(N)c2)CC1. The maximum absolute atomic E-state index is 12.4. The Bertz CT molecular complexity index is 570. The minimum atomic E-state index is -3.23. The van der Waals surface area contributed by atoms with Gasteiger partial charge in [0.2, 0.25) is 10.0 Å². The number of benzene rings is 1. The molecule has 0 unspecified atom stereocenters. The average molecular weight is 297 g/mol. The molecular weight excluding hydrogens is 274 g/mol. The van der Waals surface area contributed by atoms with Crippen molar-refractivity contribution in [1.82, 2.24) is 4.31 Å². The highest BCUT2D eigenvalue weighted by Crippen LogP contribution is 2.24. The molecule has 0 bridgehead atoms. The summed E-state index contributed by atoms with van der Waals surface area (Å²) in [6, 6.07) is 7.70. The lowest BCUT2D eigenvalue weighted by atomic mass is 10.2. The quantitative estimate of drug-likeness (QED) is 0.841. The number of rotatable bonds is 2. The second-order valence-electron chi connectivity index (χ2n) is 6.10. The van der Waals surface area contributed by atoms with Crippen molar-refractivity contribution >= 4 is 21.4 Å². The predicted molar refractivity (Wildman–Crippen MR) is 83.3 cm³/mol. The van der Waals surface area contributed by atoms with Crippen LogP contribution in [0.25, 0.3) is 0 Å². The first-order valence-electron chi connectivity index (χ1n) is 6.82. The number of sulfonamides is 1. The van der Waals surface area contributed by atoms with Crippen LogP contribution in [0.5, 0.6) is 0 Å². The lowest BCUT2D eigenvalue weighted by Crippen LogP contribution is -2.52. The molecule has 0 saturated carbocycles. The lowest BCUT2D eigenvalue weighted by Gasteiger charge is -2.38. The third-order valence-corrected chi connectivity index (χ3v) is 6.18. The van der Waals surface area contributed by atoms with Crippen LogP contribution in [0.1, 0.15) is 20.8 Å². The largest absolute Gasteiger partial charge is 0.399 e. The van der Waals surface area contributed by atoms with Gasteiger partial charge in [-0.05, 0) is 39.0 Å². The van der Waals surface area contributed by atoms with Gasteiger partial charge in [-0.25, -0.2) is 8.42 Å². The summed E-state index contributed by atoms with van der Waals surface area (Å²) in [4.78, 5) is 2.17. The zero-order valence-electron chi connectivity index (χ0n) is 12.3. The van der Waals surface area contributed by atoms with Crippen LogP contribution in [-0.2, 0) is 10.0 Å². The molecule has 2 rings (SSSR count). The molecule has 1 saturated heterocycles. The van der Waals surface area contributed by atoms with Crippen LogP contribution in [0, 0.1) is 0 Å². The molecule has 0 spiro atoms. The van der Waals surface area contributed by atoms with Crippen molar-refractivity contribution in [3.63, 3.8) is 0 Å². The minimum absolute atomic E-state index is 0.522. The Morgan fingerprint density at radius 2 is 1.70 bits per heavy atom. The average Bonchev–Trinajstić information content (AvgIpc) is 2.37. The van der Waals surface area contributed by atoms with Gasteiger partial charge in [0.25, 0.3) is 0 Å². The van der Waals surface area contributed by atoms with E-state index in [2.05, 4.69) is 4.90 Å². The van der Waals surface area contributed by atoms with Crippen molar-refractivity contribution < 1.29 is 8.42 Å². The molecule has 0 aromatic heterocycles. The molecule has 0 aliphatic carbocycles. The van der Waals surface area contributed by atoms with Crippen LogP contribution in [-0.4, -0.2) is 43.6 Å². The van der Waals surface area contributed by atoms with Gasteiger partial charge in [0.1, 0.15) is 0 Å². The van der Waals surface area contributed by atoms with Gasteiger partial charge in [-0.15, -0.1) is 0 Å². The lowest BCUT2D eigenvalue weighted by molar-refractivity contribution is 0.371. The molecule has 1 aliphatic heterocycles. The summed E-state index contributed by atoms with van der Waals surface area (Å²) in [5, 5.41) is 0. The Morgan fingerprint density at radius 1 is 1.10 bits per heavy atom. The zero-order valence-corrected chi connectivity index (χ0v) is 13.2. The monoisotopic (exact) mass is 297 g/mol. The van der Waals surface area contributed by atoms with Crippen molar-refractivity contribution in [2.45, 2.75) is 25.5 Å². The first kappa shape index (κ1) is 15.1. The first-order chi connectivity index (χ1) is 9.22. The summed E-state index contributed by atoms with van der Waals surface area (Å²) >= 11 is 0. The van der Waals surface area contributed by atoms with E-state index in [1.165, 1.54) is 0 Å². The molecule has 1 heterocycles. The van der Waals surface area contributed by atoms with Crippen molar-refractivity contribution in [3.05, 3.63) is 24.3 Å². The minimum Gasteiger partial charge on any atom is -0.399 e. The predicted octanol–water partition coefficient (Wildman–Crippen LogP) is 1.52. The first-order valence-corrected chi connectivity index (χ1v) is 8.26. The molecule has 0 amide bonds. The standard InChI is InChI=1S/C14H23N3O2S/c1-14(2,3)20(18,19)17-9-7-16(8-10-17)13-6-4-5-12(15)11-13/h4-6,11H,7-10,15H2,1-3H3. The fourth-order valence-electron chi connectivity index (χ4n) is 2.30. The number of hydrogen-bond donors (Lipinski definition) is 1. The highest BCUT2D eigenvalue weighted by atomic mass is 32.2. The van der Waals surface area contributed by atoms with Gasteiger partial charge >= 0.3 is 0 Å². The molecule has 0 radical (unpaired) electrons. The van der Waals surface area contributed by atoms with Crippen LogP contribution in [0.4, 0.5) is 11.4 Å². The van der Waals surface area contributed by atoms with E-state index in [0.29, 0.717) is 26.2 Å². The van der Waals surface area contributed by atoms with E-state index >= 15 is 0 Å². The van der Waals surface area contributed by atoms with E-state index in [1.807, 2.05) is 24.3 Å². The maximum Gasteiger partial charge on any atom is 0.219 e. The fraction of sp³-hybridized carbons (Fsp3) is 0.571. The normalized spacial score (nSPS) is 18.2. The Kier molecular flexibility index (Phi) is 3.97. The fourth-order valence-corrected chi connectivity index (χ4v) is 3.71. The molecule has 5 nitrogen and oxygen atoms in total. The third-order valence-electron chi connectivity index (χ3n) is 3.59. The van der Waals surface area contributed by atoms with Gasteiger partial charge in [-0.1, -0.05) is 6.07 Å². The molecule has 6 heteroatoms. The van der Waals surface area contributed by atoms with Crippen molar-refractivity contribution in [3.8, 4) is 0 Å². The number of nitrogens with zero attached hydrogens (tertiary/aromatic N) is 2. The summed E-state index contributed by atoms with van der Waals surface area (Å²) in [5.74, 6) is 0. The Morgan fingerprint density at radius 3 is 2.20 bits per heavy atom. The maximum atomic E-state index is 12.4. The Labute approximate surface area is 121 Å². The Hall–Kier alpha value is -1.27. The van der Waals surface area contributed by atoms with Gasteiger partial charge in [0.05, 0.1) is 4.75 Å². The molecule has 112 valence electrons. The number of nitrogens with two attached hydrogens (primary N) is 1. The van der Waals surface area contributed by atoms with Gasteiger partial charge in [0.15, 0.2) is 0 Å².